The minimum atomic E-state index is 1.23. The molecule has 1 aliphatic carbocycles. The average molecular weight is 170 g/mol. The standard InChI is InChI=1S/C8H12S.C2H6/c1-7-4-3-5-8(6-7)9-2;1-2/h4,6H,3,5H2,1-2H3;1-2H3. The second-order valence-corrected chi connectivity index (χ2v) is 3.23. The van der Waals surface area contributed by atoms with Crippen molar-refractivity contribution in [3.8, 4) is 0 Å². The molecule has 0 aromatic carbocycles. The van der Waals surface area contributed by atoms with Crippen LogP contribution in [0.15, 0.2) is 22.6 Å². The molecule has 0 aromatic rings. The van der Waals surface area contributed by atoms with Crippen molar-refractivity contribution < 1.29 is 0 Å². The Kier molecular flexibility index (Phi) is 6.43. The summed E-state index contributed by atoms with van der Waals surface area (Å²) < 4.78 is 0. The third-order valence-electron chi connectivity index (χ3n) is 1.51. The molecule has 0 unspecified atom stereocenters. The molecule has 0 bridgehead atoms. The molecular weight excluding hydrogens is 152 g/mol. The van der Waals surface area contributed by atoms with Crippen molar-refractivity contribution in [1.29, 1.82) is 0 Å². The Bertz CT molecular complexity index is 154. The molecule has 0 N–H and O–H groups in total. The van der Waals surface area contributed by atoms with E-state index in [0.29, 0.717) is 0 Å². The molecule has 0 saturated heterocycles. The molecule has 11 heavy (non-hydrogen) atoms. The Morgan fingerprint density at radius 1 is 1.36 bits per heavy atom. The lowest BCUT2D eigenvalue weighted by Gasteiger charge is -2.07. The van der Waals surface area contributed by atoms with Gasteiger partial charge in [-0.1, -0.05) is 31.6 Å². The molecule has 0 heterocycles. The van der Waals surface area contributed by atoms with Crippen molar-refractivity contribution in [3.05, 3.63) is 22.6 Å². The molecular formula is C10H18S. The molecule has 0 aliphatic heterocycles. The third-order valence-corrected chi connectivity index (χ3v) is 2.35. The van der Waals surface area contributed by atoms with Crippen molar-refractivity contribution in [2.45, 2.75) is 33.6 Å². The van der Waals surface area contributed by atoms with E-state index < -0.39 is 0 Å². The van der Waals surface area contributed by atoms with Crippen LogP contribution in [0.5, 0.6) is 0 Å². The van der Waals surface area contributed by atoms with E-state index in [-0.39, 0.29) is 0 Å². The van der Waals surface area contributed by atoms with Gasteiger partial charge in [0, 0.05) is 0 Å². The molecule has 64 valence electrons. The summed E-state index contributed by atoms with van der Waals surface area (Å²) in [6.45, 7) is 6.16. The first-order chi connectivity index (χ1) is 5.33. The lowest BCUT2D eigenvalue weighted by molar-refractivity contribution is 1.00. The number of hydrogen-bond acceptors (Lipinski definition) is 1. The number of rotatable bonds is 1. The molecule has 1 rings (SSSR count). The van der Waals surface area contributed by atoms with E-state index in [1.165, 1.54) is 23.3 Å². The maximum atomic E-state index is 2.29. The maximum absolute atomic E-state index is 2.29. The fourth-order valence-electron chi connectivity index (χ4n) is 0.988. The highest BCUT2D eigenvalue weighted by Gasteiger charge is 1.99. The molecule has 0 fully saturated rings. The molecule has 0 nitrogen and oxygen atoms in total. The normalized spacial score (nSPS) is 16.0. The van der Waals surface area contributed by atoms with Crippen molar-refractivity contribution in [3.63, 3.8) is 0 Å². The fraction of sp³-hybridized carbons (Fsp3) is 0.600. The first kappa shape index (κ1) is 10.8. The topological polar surface area (TPSA) is 0 Å². The van der Waals surface area contributed by atoms with Crippen LogP contribution < -0.4 is 0 Å². The fourth-order valence-corrected chi connectivity index (χ4v) is 1.61. The lowest BCUT2D eigenvalue weighted by atomic mass is 10.1. The summed E-state index contributed by atoms with van der Waals surface area (Å²) in [6, 6.07) is 0. The Balaban J connectivity index is 0.000000461. The quantitative estimate of drug-likeness (QED) is 0.573. The SMILES string of the molecule is CC.CSC1=CC(C)=CCC1. The van der Waals surface area contributed by atoms with Crippen LogP contribution >= 0.6 is 11.8 Å². The van der Waals surface area contributed by atoms with Crippen molar-refractivity contribution >= 4 is 11.8 Å². The maximum Gasteiger partial charge on any atom is -0.0140 e. The lowest BCUT2D eigenvalue weighted by Crippen LogP contribution is -1.84. The van der Waals surface area contributed by atoms with Crippen molar-refractivity contribution in [2.75, 3.05) is 6.26 Å². The van der Waals surface area contributed by atoms with Crippen LogP contribution in [-0.2, 0) is 0 Å². The minimum absolute atomic E-state index is 1.23. The zero-order chi connectivity index (χ0) is 8.69. The summed E-state index contributed by atoms with van der Waals surface area (Å²) >= 11 is 1.87. The first-order valence-corrected chi connectivity index (χ1v) is 5.46. The Labute approximate surface area is 74.8 Å². The molecule has 0 amide bonds. The van der Waals surface area contributed by atoms with Crippen molar-refractivity contribution in [1.82, 2.24) is 0 Å². The molecule has 0 radical (unpaired) electrons. The van der Waals surface area contributed by atoms with Gasteiger partial charge in [0.05, 0.1) is 0 Å². The molecule has 1 aliphatic rings. The van der Waals surface area contributed by atoms with Crippen molar-refractivity contribution in [2.24, 2.45) is 0 Å². The van der Waals surface area contributed by atoms with Gasteiger partial charge in [0.25, 0.3) is 0 Å². The van der Waals surface area contributed by atoms with Crippen LogP contribution in [0.4, 0.5) is 0 Å². The van der Waals surface area contributed by atoms with Crippen LogP contribution in [0.3, 0.4) is 0 Å². The average Bonchev–Trinajstić information content (AvgIpc) is 2.08. The van der Waals surface area contributed by atoms with Gasteiger partial charge in [0.2, 0.25) is 0 Å². The Morgan fingerprint density at radius 3 is 2.36 bits per heavy atom. The summed E-state index contributed by atoms with van der Waals surface area (Å²) in [5, 5.41) is 0. The number of hydrogen-bond donors (Lipinski definition) is 0. The van der Waals surface area contributed by atoms with E-state index in [4.69, 9.17) is 0 Å². The summed E-state index contributed by atoms with van der Waals surface area (Å²) in [6.07, 6.45) is 9.19. The van der Waals surface area contributed by atoms with E-state index in [2.05, 4.69) is 25.3 Å². The summed E-state index contributed by atoms with van der Waals surface area (Å²) in [5.41, 5.74) is 1.42. The predicted octanol–water partition coefficient (Wildman–Crippen LogP) is 4.00. The highest BCUT2D eigenvalue weighted by atomic mass is 32.2. The van der Waals surface area contributed by atoms with Crippen LogP contribution in [-0.4, -0.2) is 6.26 Å². The predicted molar refractivity (Wildman–Crippen MR) is 55.9 cm³/mol. The molecule has 0 saturated carbocycles. The van der Waals surface area contributed by atoms with Gasteiger partial charge in [0.15, 0.2) is 0 Å². The molecule has 1 heteroatoms. The van der Waals surface area contributed by atoms with Gasteiger partial charge in [-0.25, -0.2) is 0 Å². The van der Waals surface area contributed by atoms with E-state index in [1.807, 2.05) is 25.6 Å². The Hall–Kier alpha value is -0.170. The van der Waals surface area contributed by atoms with Gasteiger partial charge < -0.3 is 0 Å². The van der Waals surface area contributed by atoms with Crippen LogP contribution in [0.25, 0.3) is 0 Å². The first-order valence-electron chi connectivity index (χ1n) is 4.24. The molecule has 0 spiro atoms. The van der Waals surface area contributed by atoms with Gasteiger partial charge in [0.1, 0.15) is 0 Å². The largest absolute Gasteiger partial charge is 0.134 e. The van der Waals surface area contributed by atoms with Crippen LogP contribution in [0.2, 0.25) is 0 Å². The van der Waals surface area contributed by atoms with E-state index >= 15 is 0 Å². The minimum Gasteiger partial charge on any atom is -0.134 e. The van der Waals surface area contributed by atoms with Gasteiger partial charge in [-0.3, -0.25) is 0 Å². The van der Waals surface area contributed by atoms with Gasteiger partial charge in [-0.2, -0.15) is 0 Å². The highest BCUT2D eigenvalue weighted by Crippen LogP contribution is 2.24. The second kappa shape index (κ2) is 6.53. The van der Waals surface area contributed by atoms with Gasteiger partial charge in [-0.15, -0.1) is 11.8 Å². The Morgan fingerprint density at radius 2 is 2.00 bits per heavy atom. The zero-order valence-corrected chi connectivity index (χ0v) is 8.79. The van der Waals surface area contributed by atoms with Crippen LogP contribution in [0.1, 0.15) is 33.6 Å². The highest BCUT2D eigenvalue weighted by molar-refractivity contribution is 8.02. The van der Waals surface area contributed by atoms with E-state index in [0.717, 1.165) is 0 Å². The molecule has 0 atom stereocenters. The third kappa shape index (κ3) is 4.31. The summed E-state index contributed by atoms with van der Waals surface area (Å²) in [5.74, 6) is 0. The van der Waals surface area contributed by atoms with E-state index in [9.17, 15) is 0 Å². The summed E-state index contributed by atoms with van der Waals surface area (Å²) in [7, 11) is 0. The smallest absolute Gasteiger partial charge is 0.0140 e. The summed E-state index contributed by atoms with van der Waals surface area (Å²) in [4.78, 5) is 1.52. The number of thioether (sulfide) groups is 1. The zero-order valence-electron chi connectivity index (χ0n) is 7.98. The van der Waals surface area contributed by atoms with E-state index in [1.54, 1.807) is 0 Å². The molecule has 0 aromatic heterocycles. The number of allylic oxidation sites excluding steroid dienone is 4. The van der Waals surface area contributed by atoms with Gasteiger partial charge >= 0.3 is 0 Å². The monoisotopic (exact) mass is 170 g/mol. The van der Waals surface area contributed by atoms with Crippen LogP contribution in [0, 0.1) is 0 Å². The second-order valence-electron chi connectivity index (χ2n) is 2.30. The van der Waals surface area contributed by atoms with Gasteiger partial charge in [-0.05, 0) is 30.9 Å².